The topological polar surface area (TPSA) is 60.1 Å². The van der Waals surface area contributed by atoms with E-state index in [-0.39, 0.29) is 5.91 Å². The number of hydrogen-bond acceptors (Lipinski definition) is 3. The Morgan fingerprint density at radius 3 is 2.30 bits per heavy atom. The summed E-state index contributed by atoms with van der Waals surface area (Å²) < 4.78 is 40.2. The van der Waals surface area contributed by atoms with Crippen molar-refractivity contribution in [2.45, 2.75) is 38.9 Å². The summed E-state index contributed by atoms with van der Waals surface area (Å²) in [5.74, 6) is -1.32. The molecule has 0 radical (unpaired) electrons. The molecule has 1 aromatic carbocycles. The number of piperidine rings is 1. The minimum Gasteiger partial charge on any atom is -0.338 e. The first kappa shape index (κ1) is 19.2. The van der Waals surface area contributed by atoms with Crippen LogP contribution in [-0.2, 0) is 13.2 Å². The normalized spacial score (nSPS) is 16.0. The zero-order chi connectivity index (χ0) is 19.9. The van der Waals surface area contributed by atoms with Crippen LogP contribution in [0.3, 0.4) is 0 Å². The van der Waals surface area contributed by atoms with Gasteiger partial charge in [-0.3, -0.25) is 9.36 Å². The highest BCUT2D eigenvalue weighted by atomic mass is 19.4. The lowest BCUT2D eigenvalue weighted by Crippen LogP contribution is -2.41. The number of aryl methyl sites for hydroxylation is 2. The molecule has 2 aromatic rings. The molecule has 27 heavy (non-hydrogen) atoms. The van der Waals surface area contributed by atoms with Gasteiger partial charge < -0.3 is 4.90 Å². The van der Waals surface area contributed by atoms with Gasteiger partial charge in [0.1, 0.15) is 0 Å². The molecule has 2 heterocycles. The maximum atomic E-state index is 12.9. The van der Waals surface area contributed by atoms with Crippen molar-refractivity contribution < 1.29 is 18.0 Å². The van der Waals surface area contributed by atoms with Gasteiger partial charge in [-0.05, 0) is 49.9 Å². The number of carbonyl (C=O) groups excluding carboxylic acids is 1. The van der Waals surface area contributed by atoms with Crippen LogP contribution in [0.15, 0.2) is 23.0 Å². The average molecular weight is 382 g/mol. The molecular formula is C18H21F3N4O2. The molecule has 0 aliphatic carbocycles. The van der Waals surface area contributed by atoms with Gasteiger partial charge in [0.05, 0.1) is 6.04 Å². The molecule has 3 rings (SSSR count). The summed E-state index contributed by atoms with van der Waals surface area (Å²) in [6, 6.07) is 5.04. The molecule has 0 atom stereocenters. The van der Waals surface area contributed by atoms with Gasteiger partial charge in [0.2, 0.25) is 5.82 Å². The Kier molecular flexibility index (Phi) is 4.88. The lowest BCUT2D eigenvalue weighted by atomic mass is 10.0. The number of alkyl halides is 3. The van der Waals surface area contributed by atoms with Crippen LogP contribution in [0, 0.1) is 13.8 Å². The Morgan fingerprint density at radius 1 is 1.15 bits per heavy atom. The fourth-order valence-corrected chi connectivity index (χ4v) is 3.31. The van der Waals surface area contributed by atoms with Crippen LogP contribution in [0.1, 0.15) is 46.2 Å². The Balaban J connectivity index is 1.73. The molecule has 1 fully saturated rings. The van der Waals surface area contributed by atoms with Crippen LogP contribution < -0.4 is 5.69 Å². The largest absolute Gasteiger partial charge is 0.451 e. The van der Waals surface area contributed by atoms with Crippen molar-refractivity contribution in [3.63, 3.8) is 0 Å². The quantitative estimate of drug-likeness (QED) is 0.802. The number of amides is 1. The monoisotopic (exact) mass is 382 g/mol. The molecular weight excluding hydrogens is 361 g/mol. The number of aromatic nitrogens is 3. The van der Waals surface area contributed by atoms with E-state index in [1.165, 1.54) is 0 Å². The number of rotatable bonds is 2. The van der Waals surface area contributed by atoms with E-state index in [9.17, 15) is 22.8 Å². The van der Waals surface area contributed by atoms with Crippen molar-refractivity contribution >= 4 is 5.91 Å². The third-order valence-corrected chi connectivity index (χ3v) is 5.11. The predicted molar refractivity (Wildman–Crippen MR) is 92.6 cm³/mol. The van der Waals surface area contributed by atoms with Crippen LogP contribution in [-0.4, -0.2) is 38.2 Å². The van der Waals surface area contributed by atoms with Crippen molar-refractivity contribution in [1.29, 1.82) is 0 Å². The smallest absolute Gasteiger partial charge is 0.338 e. The number of benzene rings is 1. The van der Waals surface area contributed by atoms with Gasteiger partial charge >= 0.3 is 11.9 Å². The number of carbonyl (C=O) groups is 1. The van der Waals surface area contributed by atoms with Gasteiger partial charge in [-0.2, -0.15) is 13.2 Å². The van der Waals surface area contributed by atoms with E-state index in [4.69, 9.17) is 0 Å². The first-order valence-corrected chi connectivity index (χ1v) is 8.69. The zero-order valence-electron chi connectivity index (χ0n) is 15.4. The Labute approximate surface area is 154 Å². The van der Waals surface area contributed by atoms with Crippen molar-refractivity contribution in [1.82, 2.24) is 19.2 Å². The minimum absolute atomic E-state index is 0.110. The third-order valence-electron chi connectivity index (χ3n) is 5.11. The predicted octanol–water partition coefficient (Wildman–Crippen LogP) is 2.69. The molecule has 9 heteroatoms. The molecule has 0 N–H and O–H groups in total. The highest BCUT2D eigenvalue weighted by Gasteiger charge is 2.39. The molecule has 0 saturated carbocycles. The van der Waals surface area contributed by atoms with Crippen molar-refractivity contribution in [2.24, 2.45) is 7.05 Å². The zero-order valence-corrected chi connectivity index (χ0v) is 15.4. The van der Waals surface area contributed by atoms with Gasteiger partial charge in [0, 0.05) is 25.7 Å². The summed E-state index contributed by atoms with van der Waals surface area (Å²) in [5.41, 5.74) is 1.92. The lowest BCUT2D eigenvalue weighted by molar-refractivity contribution is -0.147. The molecule has 0 spiro atoms. The average Bonchev–Trinajstić information content (AvgIpc) is 2.92. The molecule has 1 saturated heterocycles. The van der Waals surface area contributed by atoms with Crippen LogP contribution in [0.2, 0.25) is 0 Å². The van der Waals surface area contributed by atoms with Crippen LogP contribution in [0.5, 0.6) is 0 Å². The Hall–Kier alpha value is -2.58. The van der Waals surface area contributed by atoms with E-state index in [0.717, 1.165) is 22.9 Å². The van der Waals surface area contributed by atoms with E-state index >= 15 is 0 Å². The Bertz CT molecular complexity index is 922. The molecule has 0 bridgehead atoms. The molecule has 1 aromatic heterocycles. The summed E-state index contributed by atoms with van der Waals surface area (Å²) >= 11 is 0. The highest BCUT2D eigenvalue weighted by Crippen LogP contribution is 2.28. The van der Waals surface area contributed by atoms with E-state index in [1.54, 1.807) is 11.0 Å². The molecule has 1 aliphatic rings. The molecule has 6 nitrogen and oxygen atoms in total. The fourth-order valence-electron chi connectivity index (χ4n) is 3.31. The molecule has 1 aliphatic heterocycles. The van der Waals surface area contributed by atoms with E-state index in [2.05, 4.69) is 5.10 Å². The molecule has 0 unspecified atom stereocenters. The van der Waals surface area contributed by atoms with Gasteiger partial charge in [0.15, 0.2) is 0 Å². The second kappa shape index (κ2) is 6.86. The van der Waals surface area contributed by atoms with E-state index in [0.29, 0.717) is 36.1 Å². The van der Waals surface area contributed by atoms with Crippen molar-refractivity contribution in [2.75, 3.05) is 13.1 Å². The maximum Gasteiger partial charge on any atom is 0.451 e. The number of nitrogens with zero attached hydrogens (tertiary/aromatic N) is 4. The first-order chi connectivity index (χ1) is 12.6. The summed E-state index contributed by atoms with van der Waals surface area (Å²) in [4.78, 5) is 26.4. The number of halogens is 3. The van der Waals surface area contributed by atoms with Gasteiger partial charge in [-0.1, -0.05) is 6.07 Å². The fraction of sp³-hybridized carbons (Fsp3) is 0.500. The Morgan fingerprint density at radius 2 is 1.78 bits per heavy atom. The van der Waals surface area contributed by atoms with Crippen molar-refractivity contribution in [3.05, 3.63) is 51.2 Å². The summed E-state index contributed by atoms with van der Waals surface area (Å²) in [7, 11) is 1.06. The number of hydrogen-bond donors (Lipinski definition) is 0. The van der Waals surface area contributed by atoms with E-state index in [1.807, 2.05) is 26.0 Å². The third kappa shape index (κ3) is 3.63. The van der Waals surface area contributed by atoms with Crippen LogP contribution >= 0.6 is 0 Å². The second-order valence-electron chi connectivity index (χ2n) is 6.93. The standard InChI is InChI=1S/C18H21F3N4O2/c1-11-4-5-13(10-12(11)2)15(26)24-8-6-14(7-9-24)25-17(27)23(3)16(22-25)18(19,20)21/h4-5,10,14H,6-9H2,1-3H3. The molecule has 1 amide bonds. The highest BCUT2D eigenvalue weighted by molar-refractivity contribution is 5.94. The summed E-state index contributed by atoms with van der Waals surface area (Å²) in [6.07, 6.45) is -3.92. The summed E-state index contributed by atoms with van der Waals surface area (Å²) in [5, 5.41) is 3.49. The van der Waals surface area contributed by atoms with Crippen molar-refractivity contribution in [3.8, 4) is 0 Å². The van der Waals surface area contributed by atoms with Gasteiger partial charge in [-0.25, -0.2) is 9.48 Å². The summed E-state index contributed by atoms with van der Waals surface area (Å²) in [6.45, 7) is 4.63. The van der Waals surface area contributed by atoms with Crippen LogP contribution in [0.25, 0.3) is 0 Å². The van der Waals surface area contributed by atoms with Gasteiger partial charge in [-0.15, -0.1) is 5.10 Å². The lowest BCUT2D eigenvalue weighted by Gasteiger charge is -2.31. The SMILES string of the molecule is Cc1ccc(C(=O)N2CCC(n3nc(C(F)(F)F)n(C)c3=O)CC2)cc1C. The molecule has 146 valence electrons. The van der Waals surface area contributed by atoms with E-state index < -0.39 is 23.7 Å². The second-order valence-corrected chi connectivity index (χ2v) is 6.93. The van der Waals surface area contributed by atoms with Crippen LogP contribution in [0.4, 0.5) is 13.2 Å². The first-order valence-electron chi connectivity index (χ1n) is 8.69. The minimum atomic E-state index is -4.68. The maximum absolute atomic E-state index is 12.9. The number of likely N-dealkylation sites (tertiary alicyclic amines) is 1. The van der Waals surface area contributed by atoms with Gasteiger partial charge in [0.25, 0.3) is 5.91 Å².